The molecule has 0 aromatic carbocycles. The van der Waals surface area contributed by atoms with Gasteiger partial charge in [-0.05, 0) is 43.1 Å². The molecule has 20 heavy (non-hydrogen) atoms. The van der Waals surface area contributed by atoms with E-state index in [1.807, 2.05) is 6.08 Å². The molecule has 0 aromatic heterocycles. The Labute approximate surface area is 123 Å². The van der Waals surface area contributed by atoms with Crippen LogP contribution < -0.4 is 0 Å². The summed E-state index contributed by atoms with van der Waals surface area (Å²) in [5.74, 6) is 2.27. The molecular weight excluding hydrogens is 252 g/mol. The third-order valence-corrected chi connectivity index (χ3v) is 4.52. The summed E-state index contributed by atoms with van der Waals surface area (Å²) in [5, 5.41) is 0. The summed E-state index contributed by atoms with van der Waals surface area (Å²) in [5.41, 5.74) is 0. The fraction of sp³-hybridized carbons (Fsp3) is 0.882. The first-order valence-electron chi connectivity index (χ1n) is 8.18. The molecule has 1 heterocycles. The number of hydrogen-bond donors (Lipinski definition) is 0. The van der Waals surface area contributed by atoms with Crippen molar-refractivity contribution in [3.8, 4) is 0 Å². The lowest BCUT2D eigenvalue weighted by Crippen LogP contribution is -2.34. The Morgan fingerprint density at radius 2 is 1.95 bits per heavy atom. The van der Waals surface area contributed by atoms with Gasteiger partial charge in [0.15, 0.2) is 6.29 Å². The maximum atomic E-state index is 6.16. The smallest absolute Gasteiger partial charge is 0.177 e. The number of rotatable bonds is 6. The van der Waals surface area contributed by atoms with E-state index in [1.165, 1.54) is 19.3 Å². The Morgan fingerprint density at radius 1 is 1.20 bits per heavy atom. The van der Waals surface area contributed by atoms with Crippen molar-refractivity contribution in [2.24, 2.45) is 17.8 Å². The highest BCUT2D eigenvalue weighted by molar-refractivity contribution is 4.87. The third kappa shape index (κ3) is 4.87. The standard InChI is InChI=1S/C17H30O3/c1-13(2)15-8-7-14(3)12-16(15)18-9-5-4-6-17-19-10-11-20-17/h4,6,13-17H,5,7-12H2,1-3H3/b6-4+. The van der Waals surface area contributed by atoms with Crippen LogP contribution in [0.15, 0.2) is 12.2 Å². The van der Waals surface area contributed by atoms with Crippen LogP contribution in [0, 0.1) is 17.8 Å². The van der Waals surface area contributed by atoms with Crippen molar-refractivity contribution in [3.63, 3.8) is 0 Å². The predicted octanol–water partition coefficient (Wildman–Crippen LogP) is 3.78. The Hall–Kier alpha value is -0.380. The van der Waals surface area contributed by atoms with Crippen LogP contribution in [-0.2, 0) is 14.2 Å². The molecule has 3 heteroatoms. The van der Waals surface area contributed by atoms with Gasteiger partial charge >= 0.3 is 0 Å². The van der Waals surface area contributed by atoms with Crippen molar-refractivity contribution in [2.45, 2.75) is 58.8 Å². The van der Waals surface area contributed by atoms with Crippen LogP contribution in [0.2, 0.25) is 0 Å². The first kappa shape index (κ1) is 16.0. The highest BCUT2D eigenvalue weighted by Gasteiger charge is 2.31. The Balaban J connectivity index is 1.68. The second kappa shape index (κ2) is 8.16. The van der Waals surface area contributed by atoms with Gasteiger partial charge in [0, 0.05) is 0 Å². The van der Waals surface area contributed by atoms with Gasteiger partial charge in [-0.2, -0.15) is 0 Å². The van der Waals surface area contributed by atoms with E-state index in [0.717, 1.165) is 30.8 Å². The first-order chi connectivity index (χ1) is 9.66. The molecule has 3 unspecified atom stereocenters. The van der Waals surface area contributed by atoms with Crippen molar-refractivity contribution in [1.29, 1.82) is 0 Å². The van der Waals surface area contributed by atoms with E-state index in [1.54, 1.807) is 0 Å². The molecule has 0 bridgehead atoms. The molecule has 2 fully saturated rings. The highest BCUT2D eigenvalue weighted by Crippen LogP contribution is 2.35. The summed E-state index contributed by atoms with van der Waals surface area (Å²) in [6.07, 6.45) is 9.29. The van der Waals surface area contributed by atoms with Gasteiger partial charge in [-0.1, -0.05) is 33.3 Å². The van der Waals surface area contributed by atoms with Crippen LogP contribution >= 0.6 is 0 Å². The molecule has 1 aliphatic heterocycles. The summed E-state index contributed by atoms with van der Waals surface area (Å²) < 4.78 is 16.9. The fourth-order valence-electron chi connectivity index (χ4n) is 3.29. The molecule has 0 spiro atoms. The molecule has 116 valence electrons. The fourth-order valence-corrected chi connectivity index (χ4v) is 3.29. The minimum absolute atomic E-state index is 0.131. The maximum Gasteiger partial charge on any atom is 0.177 e. The van der Waals surface area contributed by atoms with Crippen LogP contribution in [0.25, 0.3) is 0 Å². The summed E-state index contributed by atoms with van der Waals surface area (Å²) in [6, 6.07) is 0. The second-order valence-electron chi connectivity index (χ2n) is 6.56. The van der Waals surface area contributed by atoms with Crippen molar-refractivity contribution in [3.05, 3.63) is 12.2 Å². The molecule has 0 N–H and O–H groups in total. The van der Waals surface area contributed by atoms with Gasteiger partial charge < -0.3 is 14.2 Å². The lowest BCUT2D eigenvalue weighted by molar-refractivity contribution is -0.0366. The molecule has 0 amide bonds. The molecule has 3 atom stereocenters. The summed E-state index contributed by atoms with van der Waals surface area (Å²) >= 11 is 0. The van der Waals surface area contributed by atoms with Gasteiger partial charge in [-0.15, -0.1) is 0 Å². The maximum absolute atomic E-state index is 6.16. The van der Waals surface area contributed by atoms with E-state index >= 15 is 0 Å². The first-order valence-corrected chi connectivity index (χ1v) is 8.18. The minimum atomic E-state index is -0.131. The Bertz CT molecular complexity index is 295. The predicted molar refractivity (Wildman–Crippen MR) is 80.5 cm³/mol. The van der Waals surface area contributed by atoms with Crippen LogP contribution in [-0.4, -0.2) is 32.2 Å². The molecule has 2 rings (SSSR count). The molecule has 1 aliphatic carbocycles. The lowest BCUT2D eigenvalue weighted by atomic mass is 9.75. The van der Waals surface area contributed by atoms with Crippen LogP contribution in [0.4, 0.5) is 0 Å². The van der Waals surface area contributed by atoms with Gasteiger partial charge in [-0.3, -0.25) is 0 Å². The summed E-state index contributed by atoms with van der Waals surface area (Å²) in [4.78, 5) is 0. The van der Waals surface area contributed by atoms with Gasteiger partial charge in [0.2, 0.25) is 0 Å². The molecular formula is C17H30O3. The second-order valence-corrected chi connectivity index (χ2v) is 6.56. The van der Waals surface area contributed by atoms with Gasteiger partial charge in [0.25, 0.3) is 0 Å². The average molecular weight is 282 g/mol. The number of hydrogen-bond acceptors (Lipinski definition) is 3. The SMILES string of the molecule is CC1CCC(C(C)C)C(OCC/C=C/C2OCCO2)C1. The van der Waals surface area contributed by atoms with Gasteiger partial charge in [0.1, 0.15) is 0 Å². The molecule has 0 aromatic rings. The summed E-state index contributed by atoms with van der Waals surface area (Å²) in [7, 11) is 0. The van der Waals surface area contributed by atoms with Crippen LogP contribution in [0.1, 0.15) is 46.5 Å². The molecule has 1 saturated heterocycles. The third-order valence-electron chi connectivity index (χ3n) is 4.52. The molecule has 1 saturated carbocycles. The topological polar surface area (TPSA) is 27.7 Å². The van der Waals surface area contributed by atoms with Crippen molar-refractivity contribution < 1.29 is 14.2 Å². The van der Waals surface area contributed by atoms with Crippen molar-refractivity contribution >= 4 is 0 Å². The van der Waals surface area contributed by atoms with Crippen LogP contribution in [0.3, 0.4) is 0 Å². The largest absolute Gasteiger partial charge is 0.378 e. The monoisotopic (exact) mass is 282 g/mol. The van der Waals surface area contributed by atoms with Gasteiger partial charge in [0.05, 0.1) is 25.9 Å². The zero-order chi connectivity index (χ0) is 14.4. The van der Waals surface area contributed by atoms with Gasteiger partial charge in [-0.25, -0.2) is 0 Å². The van der Waals surface area contributed by atoms with Crippen molar-refractivity contribution in [2.75, 3.05) is 19.8 Å². The highest BCUT2D eigenvalue weighted by atomic mass is 16.7. The van der Waals surface area contributed by atoms with E-state index in [0.29, 0.717) is 19.3 Å². The molecule has 0 radical (unpaired) electrons. The van der Waals surface area contributed by atoms with Crippen LogP contribution in [0.5, 0.6) is 0 Å². The quantitative estimate of drug-likeness (QED) is 0.548. The average Bonchev–Trinajstić information content (AvgIpc) is 2.91. The zero-order valence-corrected chi connectivity index (χ0v) is 13.2. The van der Waals surface area contributed by atoms with E-state index in [-0.39, 0.29) is 6.29 Å². The van der Waals surface area contributed by atoms with E-state index in [2.05, 4.69) is 26.8 Å². The number of ether oxygens (including phenoxy) is 3. The minimum Gasteiger partial charge on any atom is -0.378 e. The normalized spacial score (nSPS) is 32.5. The van der Waals surface area contributed by atoms with E-state index < -0.39 is 0 Å². The van der Waals surface area contributed by atoms with Crippen molar-refractivity contribution in [1.82, 2.24) is 0 Å². The van der Waals surface area contributed by atoms with E-state index in [9.17, 15) is 0 Å². The van der Waals surface area contributed by atoms with E-state index in [4.69, 9.17) is 14.2 Å². The zero-order valence-electron chi connectivity index (χ0n) is 13.2. The lowest BCUT2D eigenvalue weighted by Gasteiger charge is -2.37. The Morgan fingerprint density at radius 3 is 2.65 bits per heavy atom. The Kier molecular flexibility index (Phi) is 6.53. The molecule has 3 nitrogen and oxygen atoms in total. The molecule has 2 aliphatic rings. The summed E-state index contributed by atoms with van der Waals surface area (Å²) in [6.45, 7) is 9.23.